The highest BCUT2D eigenvalue weighted by atomic mass is 35.5. The van der Waals surface area contributed by atoms with Crippen molar-refractivity contribution in [2.45, 2.75) is 18.7 Å². The fraction of sp³-hybridized carbons (Fsp3) is 0.188. The first-order chi connectivity index (χ1) is 11.7. The maximum atomic E-state index is 13.1. The SMILES string of the molecule is Cc1cccc(C)c1OCC(=O)NNS(=O)(=O)c1ccc(F)c(Cl)c1. The number of hydrogen-bond donors (Lipinski definition) is 2. The van der Waals surface area contributed by atoms with Crippen molar-refractivity contribution in [2.24, 2.45) is 0 Å². The fourth-order valence-electron chi connectivity index (χ4n) is 2.03. The van der Waals surface area contributed by atoms with E-state index < -0.39 is 21.7 Å². The molecule has 0 spiro atoms. The lowest BCUT2D eigenvalue weighted by Gasteiger charge is -2.12. The zero-order chi connectivity index (χ0) is 18.6. The summed E-state index contributed by atoms with van der Waals surface area (Å²) in [6.07, 6.45) is 0. The quantitative estimate of drug-likeness (QED) is 0.747. The number of benzene rings is 2. The number of hydrazine groups is 1. The van der Waals surface area contributed by atoms with E-state index in [4.69, 9.17) is 16.3 Å². The molecule has 0 heterocycles. The molecular formula is C16H16ClFN2O4S. The van der Waals surface area contributed by atoms with Crippen molar-refractivity contribution in [3.8, 4) is 5.75 Å². The second-order valence-corrected chi connectivity index (χ2v) is 7.33. The van der Waals surface area contributed by atoms with Crippen LogP contribution in [0.15, 0.2) is 41.3 Å². The average molecular weight is 387 g/mol. The standard InChI is InChI=1S/C16H16ClFN2O4S/c1-10-4-3-5-11(2)16(10)24-9-15(21)19-20-25(22,23)12-6-7-14(18)13(17)8-12/h3-8,20H,9H2,1-2H3,(H,19,21). The third-order valence-corrected chi connectivity index (χ3v) is 4.82. The summed E-state index contributed by atoms with van der Waals surface area (Å²) in [7, 11) is -4.08. The van der Waals surface area contributed by atoms with Gasteiger partial charge in [-0.1, -0.05) is 29.8 Å². The smallest absolute Gasteiger partial charge is 0.272 e. The maximum absolute atomic E-state index is 13.1. The lowest BCUT2D eigenvalue weighted by atomic mass is 10.1. The summed E-state index contributed by atoms with van der Waals surface area (Å²) in [4.78, 5) is 13.4. The van der Waals surface area contributed by atoms with Gasteiger partial charge in [-0.25, -0.2) is 12.8 Å². The van der Waals surface area contributed by atoms with Gasteiger partial charge in [0.1, 0.15) is 11.6 Å². The first-order valence-electron chi connectivity index (χ1n) is 7.15. The van der Waals surface area contributed by atoms with E-state index in [0.29, 0.717) is 5.75 Å². The number of ether oxygens (including phenoxy) is 1. The molecule has 0 atom stereocenters. The Hall–Kier alpha value is -2.16. The molecule has 1 amide bonds. The summed E-state index contributed by atoms with van der Waals surface area (Å²) in [5, 5.41) is -0.340. The molecule has 0 aliphatic carbocycles. The molecule has 2 N–H and O–H groups in total. The Bertz CT molecular complexity index is 883. The summed E-state index contributed by atoms with van der Waals surface area (Å²) >= 11 is 5.56. The van der Waals surface area contributed by atoms with Crippen LogP contribution in [0.3, 0.4) is 0 Å². The number of aryl methyl sites for hydroxylation is 2. The van der Waals surface area contributed by atoms with Crippen molar-refractivity contribution in [2.75, 3.05) is 6.61 Å². The Balaban J connectivity index is 1.96. The van der Waals surface area contributed by atoms with Gasteiger partial charge in [-0.05, 0) is 43.2 Å². The topological polar surface area (TPSA) is 84.5 Å². The molecule has 2 aromatic carbocycles. The van der Waals surface area contributed by atoms with Crippen molar-refractivity contribution in [1.29, 1.82) is 0 Å². The summed E-state index contributed by atoms with van der Waals surface area (Å²) in [6.45, 7) is 3.29. The van der Waals surface area contributed by atoms with Crippen LogP contribution in [0.25, 0.3) is 0 Å². The number of carbonyl (C=O) groups is 1. The molecule has 0 aromatic heterocycles. The molecular weight excluding hydrogens is 371 g/mol. The minimum absolute atomic E-state index is 0.283. The van der Waals surface area contributed by atoms with Gasteiger partial charge < -0.3 is 4.74 Å². The highest BCUT2D eigenvalue weighted by Crippen LogP contribution is 2.22. The maximum Gasteiger partial charge on any atom is 0.272 e. The molecule has 2 aromatic rings. The van der Waals surface area contributed by atoms with E-state index in [-0.39, 0.29) is 16.5 Å². The second-order valence-electron chi connectivity index (χ2n) is 5.24. The lowest BCUT2D eigenvalue weighted by Crippen LogP contribution is -2.43. The van der Waals surface area contributed by atoms with Crippen LogP contribution >= 0.6 is 11.6 Å². The van der Waals surface area contributed by atoms with Crippen LogP contribution in [0.5, 0.6) is 5.75 Å². The largest absolute Gasteiger partial charge is 0.483 e. The Morgan fingerprint density at radius 2 is 1.84 bits per heavy atom. The second kappa shape index (κ2) is 7.81. The molecule has 6 nitrogen and oxygen atoms in total. The monoisotopic (exact) mass is 386 g/mol. The average Bonchev–Trinajstić information content (AvgIpc) is 2.55. The van der Waals surface area contributed by atoms with E-state index in [2.05, 4.69) is 0 Å². The number of nitrogens with one attached hydrogen (secondary N) is 2. The summed E-state index contributed by atoms with van der Waals surface area (Å²) in [5.74, 6) is -0.878. The van der Waals surface area contributed by atoms with Gasteiger partial charge in [0.2, 0.25) is 0 Å². The minimum atomic E-state index is -4.08. The molecule has 0 aliphatic rings. The highest BCUT2D eigenvalue weighted by Gasteiger charge is 2.17. The number of halogens is 2. The van der Waals surface area contributed by atoms with E-state index >= 15 is 0 Å². The number of amides is 1. The molecule has 0 aliphatic heterocycles. The number of sulfonamides is 1. The van der Waals surface area contributed by atoms with Crippen LogP contribution in [0.1, 0.15) is 11.1 Å². The van der Waals surface area contributed by atoms with Crippen molar-refractivity contribution in [3.63, 3.8) is 0 Å². The Morgan fingerprint density at radius 3 is 2.44 bits per heavy atom. The van der Waals surface area contributed by atoms with E-state index in [9.17, 15) is 17.6 Å². The Morgan fingerprint density at radius 1 is 1.20 bits per heavy atom. The van der Waals surface area contributed by atoms with Crippen LogP contribution in [-0.4, -0.2) is 20.9 Å². The molecule has 0 radical (unpaired) electrons. The van der Waals surface area contributed by atoms with Gasteiger partial charge in [0, 0.05) is 0 Å². The third-order valence-electron chi connectivity index (χ3n) is 3.28. The molecule has 0 unspecified atom stereocenters. The van der Waals surface area contributed by atoms with Gasteiger partial charge in [-0.2, -0.15) is 0 Å². The number of rotatable bonds is 6. The molecule has 0 saturated heterocycles. The molecule has 0 saturated carbocycles. The summed E-state index contributed by atoms with van der Waals surface area (Å²) in [6, 6.07) is 8.42. The van der Waals surface area contributed by atoms with Crippen LogP contribution in [-0.2, 0) is 14.8 Å². The highest BCUT2D eigenvalue weighted by molar-refractivity contribution is 7.89. The van der Waals surface area contributed by atoms with Crippen molar-refractivity contribution < 1.29 is 22.3 Å². The molecule has 25 heavy (non-hydrogen) atoms. The molecule has 134 valence electrons. The molecule has 9 heteroatoms. The van der Waals surface area contributed by atoms with Crippen LogP contribution in [0, 0.1) is 19.7 Å². The van der Waals surface area contributed by atoms with Crippen LogP contribution < -0.4 is 15.0 Å². The minimum Gasteiger partial charge on any atom is -0.483 e. The predicted molar refractivity (Wildman–Crippen MR) is 91.3 cm³/mol. The van der Waals surface area contributed by atoms with Crippen molar-refractivity contribution >= 4 is 27.5 Å². The van der Waals surface area contributed by atoms with E-state index in [1.807, 2.05) is 42.3 Å². The van der Waals surface area contributed by atoms with Gasteiger partial charge in [0.15, 0.2) is 6.61 Å². The van der Waals surface area contributed by atoms with Gasteiger partial charge >= 0.3 is 0 Å². The zero-order valence-electron chi connectivity index (χ0n) is 13.5. The fourth-order valence-corrected chi connectivity index (χ4v) is 3.16. The van der Waals surface area contributed by atoms with Crippen molar-refractivity contribution in [3.05, 3.63) is 58.4 Å². The van der Waals surface area contributed by atoms with E-state index in [1.165, 1.54) is 0 Å². The normalized spacial score (nSPS) is 11.2. The van der Waals surface area contributed by atoms with Crippen LogP contribution in [0.4, 0.5) is 4.39 Å². The summed E-state index contributed by atoms with van der Waals surface area (Å²) < 4.78 is 42.6. The molecule has 0 fully saturated rings. The number of para-hydroxylation sites is 1. The van der Waals surface area contributed by atoms with E-state index in [1.54, 1.807) is 0 Å². The van der Waals surface area contributed by atoms with Gasteiger partial charge in [0.25, 0.3) is 15.9 Å². The van der Waals surface area contributed by atoms with E-state index in [0.717, 1.165) is 29.3 Å². The Labute approximate surface area is 150 Å². The molecule has 2 rings (SSSR count). The van der Waals surface area contributed by atoms with Gasteiger partial charge in [-0.15, -0.1) is 4.83 Å². The predicted octanol–water partition coefficient (Wildman–Crippen LogP) is 2.48. The zero-order valence-corrected chi connectivity index (χ0v) is 15.0. The first-order valence-corrected chi connectivity index (χ1v) is 9.01. The summed E-state index contributed by atoms with van der Waals surface area (Å²) in [5.41, 5.74) is 3.74. The molecule has 0 bridgehead atoms. The van der Waals surface area contributed by atoms with Crippen molar-refractivity contribution in [1.82, 2.24) is 10.3 Å². The number of hydrogen-bond acceptors (Lipinski definition) is 4. The van der Waals surface area contributed by atoms with Gasteiger partial charge in [0.05, 0.1) is 9.92 Å². The first kappa shape index (κ1) is 19.2. The Kier molecular flexibility index (Phi) is 5.99. The van der Waals surface area contributed by atoms with Gasteiger partial charge in [-0.3, -0.25) is 10.2 Å². The third kappa shape index (κ3) is 4.91. The van der Waals surface area contributed by atoms with Crippen LogP contribution in [0.2, 0.25) is 5.02 Å². The number of carbonyl (C=O) groups excluding carboxylic acids is 1. The lowest BCUT2D eigenvalue weighted by molar-refractivity contribution is -0.123.